The number of benzene rings is 1. The minimum absolute atomic E-state index is 0.0316. The summed E-state index contributed by atoms with van der Waals surface area (Å²) in [7, 11) is 0. The lowest BCUT2D eigenvalue weighted by Crippen LogP contribution is -2.30. The van der Waals surface area contributed by atoms with E-state index in [1.165, 1.54) is 16.7 Å². The average molecular weight is 395 g/mol. The SMILES string of the molecule is Cc1noc2nc(C)n(CC(=O)Nc3ccc(Br)cc3F)c(=O)c12. The minimum atomic E-state index is -0.578. The van der Waals surface area contributed by atoms with Crippen LogP contribution in [0.3, 0.4) is 0 Å². The molecule has 1 N–H and O–H groups in total. The molecule has 3 aromatic rings. The van der Waals surface area contributed by atoms with Crippen molar-refractivity contribution in [2.45, 2.75) is 20.4 Å². The normalized spacial score (nSPS) is 11.0. The van der Waals surface area contributed by atoms with Crippen LogP contribution in [0.25, 0.3) is 11.1 Å². The molecule has 124 valence electrons. The summed E-state index contributed by atoms with van der Waals surface area (Å²) in [4.78, 5) is 28.8. The number of anilines is 1. The van der Waals surface area contributed by atoms with Crippen LogP contribution in [0.4, 0.5) is 10.1 Å². The summed E-state index contributed by atoms with van der Waals surface area (Å²) < 4.78 is 20.5. The second-order valence-corrected chi connectivity index (χ2v) is 6.09. The van der Waals surface area contributed by atoms with Crippen molar-refractivity contribution in [3.05, 3.63) is 50.4 Å². The predicted octanol–water partition coefficient (Wildman–Crippen LogP) is 2.54. The Morgan fingerprint density at radius 1 is 1.42 bits per heavy atom. The molecule has 2 heterocycles. The number of halogens is 2. The van der Waals surface area contributed by atoms with Gasteiger partial charge in [0, 0.05) is 4.47 Å². The van der Waals surface area contributed by atoms with E-state index in [9.17, 15) is 14.0 Å². The zero-order valence-electron chi connectivity index (χ0n) is 12.8. The number of hydrogen-bond acceptors (Lipinski definition) is 5. The van der Waals surface area contributed by atoms with E-state index in [1.807, 2.05) is 0 Å². The van der Waals surface area contributed by atoms with Gasteiger partial charge in [-0.05, 0) is 32.0 Å². The van der Waals surface area contributed by atoms with Gasteiger partial charge >= 0.3 is 0 Å². The molecule has 0 saturated carbocycles. The second kappa shape index (κ2) is 6.16. The zero-order chi connectivity index (χ0) is 17.4. The highest BCUT2D eigenvalue weighted by Crippen LogP contribution is 2.19. The molecule has 1 amide bonds. The van der Waals surface area contributed by atoms with Crippen molar-refractivity contribution in [2.75, 3.05) is 5.32 Å². The van der Waals surface area contributed by atoms with Crippen LogP contribution in [-0.2, 0) is 11.3 Å². The highest BCUT2D eigenvalue weighted by Gasteiger charge is 2.17. The smallest absolute Gasteiger partial charge is 0.267 e. The van der Waals surface area contributed by atoms with Gasteiger partial charge < -0.3 is 9.84 Å². The van der Waals surface area contributed by atoms with Gasteiger partial charge in [-0.1, -0.05) is 21.1 Å². The number of fused-ring (bicyclic) bond motifs is 1. The van der Waals surface area contributed by atoms with E-state index >= 15 is 0 Å². The van der Waals surface area contributed by atoms with Crippen LogP contribution in [0.5, 0.6) is 0 Å². The number of carbonyl (C=O) groups excluding carboxylic acids is 1. The standard InChI is InChI=1S/C15H12BrFN4O3/c1-7-13-14(24-20-7)18-8(2)21(15(13)23)6-12(22)19-11-4-3-9(16)5-10(11)17/h3-5H,6H2,1-2H3,(H,19,22). The van der Waals surface area contributed by atoms with E-state index in [0.29, 0.717) is 16.0 Å². The summed E-state index contributed by atoms with van der Waals surface area (Å²) >= 11 is 3.14. The molecule has 0 radical (unpaired) electrons. The van der Waals surface area contributed by atoms with Crippen molar-refractivity contribution in [2.24, 2.45) is 0 Å². The number of aromatic nitrogens is 3. The number of carbonyl (C=O) groups is 1. The van der Waals surface area contributed by atoms with E-state index in [1.54, 1.807) is 19.9 Å². The molecule has 3 rings (SSSR count). The minimum Gasteiger partial charge on any atom is -0.335 e. The molecule has 0 unspecified atom stereocenters. The van der Waals surface area contributed by atoms with Crippen molar-refractivity contribution in [1.82, 2.24) is 14.7 Å². The molecule has 0 aliphatic rings. The maximum atomic E-state index is 13.8. The van der Waals surface area contributed by atoms with E-state index < -0.39 is 17.3 Å². The van der Waals surface area contributed by atoms with Crippen molar-refractivity contribution in [3.8, 4) is 0 Å². The fraction of sp³-hybridized carbons (Fsp3) is 0.200. The van der Waals surface area contributed by atoms with Crippen LogP contribution < -0.4 is 10.9 Å². The maximum Gasteiger partial charge on any atom is 0.267 e. The first kappa shape index (κ1) is 16.3. The fourth-order valence-electron chi connectivity index (χ4n) is 2.28. The topological polar surface area (TPSA) is 90.0 Å². The quantitative estimate of drug-likeness (QED) is 0.736. The zero-order valence-corrected chi connectivity index (χ0v) is 14.3. The molecule has 7 nitrogen and oxygen atoms in total. The van der Waals surface area contributed by atoms with Gasteiger partial charge in [-0.2, -0.15) is 4.98 Å². The number of amides is 1. The fourth-order valence-corrected chi connectivity index (χ4v) is 2.61. The lowest BCUT2D eigenvalue weighted by molar-refractivity contribution is -0.116. The van der Waals surface area contributed by atoms with Gasteiger partial charge in [-0.15, -0.1) is 0 Å². The monoisotopic (exact) mass is 394 g/mol. The Morgan fingerprint density at radius 2 is 2.17 bits per heavy atom. The maximum absolute atomic E-state index is 13.8. The molecule has 1 aromatic carbocycles. The van der Waals surface area contributed by atoms with Crippen LogP contribution >= 0.6 is 15.9 Å². The molecule has 0 atom stereocenters. The molecule has 9 heteroatoms. The largest absolute Gasteiger partial charge is 0.335 e. The summed E-state index contributed by atoms with van der Waals surface area (Å²) in [5, 5.41) is 6.36. The third-order valence-corrected chi connectivity index (χ3v) is 3.96. The van der Waals surface area contributed by atoms with Gasteiger partial charge in [0.15, 0.2) is 0 Å². The Labute approximate surface area is 143 Å². The number of hydrogen-bond donors (Lipinski definition) is 1. The van der Waals surface area contributed by atoms with Gasteiger partial charge in [0.25, 0.3) is 11.3 Å². The number of nitrogens with one attached hydrogen (secondary N) is 1. The van der Waals surface area contributed by atoms with E-state index in [2.05, 4.69) is 31.4 Å². The molecule has 0 aliphatic heterocycles. The highest BCUT2D eigenvalue weighted by molar-refractivity contribution is 9.10. The molecule has 24 heavy (non-hydrogen) atoms. The molecule has 0 bridgehead atoms. The van der Waals surface area contributed by atoms with Crippen LogP contribution in [0.1, 0.15) is 11.5 Å². The molecular weight excluding hydrogens is 383 g/mol. The summed E-state index contributed by atoms with van der Waals surface area (Å²) in [6.45, 7) is 2.89. The first-order chi connectivity index (χ1) is 11.4. The molecule has 0 aliphatic carbocycles. The van der Waals surface area contributed by atoms with E-state index in [0.717, 1.165) is 0 Å². The van der Waals surface area contributed by atoms with Crippen LogP contribution in [-0.4, -0.2) is 20.6 Å². The third-order valence-electron chi connectivity index (χ3n) is 3.46. The molecule has 0 saturated heterocycles. The number of aryl methyl sites for hydroxylation is 2. The summed E-state index contributed by atoms with van der Waals surface area (Å²) in [5.41, 5.74) is 0.132. The average Bonchev–Trinajstić information content (AvgIpc) is 2.87. The van der Waals surface area contributed by atoms with E-state index in [4.69, 9.17) is 4.52 Å². The molecule has 0 spiro atoms. The van der Waals surface area contributed by atoms with Gasteiger partial charge in [0.05, 0.1) is 11.4 Å². The molecule has 0 fully saturated rings. The van der Waals surface area contributed by atoms with Gasteiger partial charge in [-0.25, -0.2) is 4.39 Å². The van der Waals surface area contributed by atoms with Crippen molar-refractivity contribution in [3.63, 3.8) is 0 Å². The number of rotatable bonds is 3. The third kappa shape index (κ3) is 2.94. The lowest BCUT2D eigenvalue weighted by atomic mass is 10.3. The van der Waals surface area contributed by atoms with E-state index in [-0.39, 0.29) is 23.3 Å². The molecule has 2 aromatic heterocycles. The Kier molecular flexibility index (Phi) is 4.18. The van der Waals surface area contributed by atoms with Crippen LogP contribution in [0.2, 0.25) is 0 Å². The van der Waals surface area contributed by atoms with Gasteiger partial charge in [-0.3, -0.25) is 14.2 Å². The first-order valence-electron chi connectivity index (χ1n) is 6.95. The summed E-state index contributed by atoms with van der Waals surface area (Å²) in [5.74, 6) is -0.822. The Balaban J connectivity index is 1.90. The lowest BCUT2D eigenvalue weighted by Gasteiger charge is -2.10. The van der Waals surface area contributed by atoms with Crippen molar-refractivity contribution >= 4 is 38.6 Å². The number of nitrogens with zero attached hydrogens (tertiary/aromatic N) is 3. The summed E-state index contributed by atoms with van der Waals surface area (Å²) in [6, 6.07) is 4.27. The summed E-state index contributed by atoms with van der Waals surface area (Å²) in [6.07, 6.45) is 0. The Hall–Kier alpha value is -2.55. The Morgan fingerprint density at radius 3 is 2.88 bits per heavy atom. The first-order valence-corrected chi connectivity index (χ1v) is 7.74. The Bertz CT molecular complexity index is 1010. The van der Waals surface area contributed by atoms with Crippen LogP contribution in [0, 0.1) is 19.7 Å². The predicted molar refractivity (Wildman–Crippen MR) is 88.3 cm³/mol. The van der Waals surface area contributed by atoms with Crippen molar-refractivity contribution in [1.29, 1.82) is 0 Å². The molecular formula is C15H12BrFN4O3. The highest BCUT2D eigenvalue weighted by atomic mass is 79.9. The van der Waals surface area contributed by atoms with Crippen LogP contribution in [0.15, 0.2) is 32.0 Å². The second-order valence-electron chi connectivity index (χ2n) is 5.17. The van der Waals surface area contributed by atoms with Gasteiger partial charge in [0.1, 0.15) is 23.6 Å². The van der Waals surface area contributed by atoms with Crippen molar-refractivity contribution < 1.29 is 13.7 Å². The van der Waals surface area contributed by atoms with Gasteiger partial charge in [0.2, 0.25) is 5.91 Å².